The van der Waals surface area contributed by atoms with Crippen LogP contribution in [0.5, 0.6) is 0 Å². The lowest BCUT2D eigenvalue weighted by Gasteiger charge is -2.18. The van der Waals surface area contributed by atoms with Gasteiger partial charge in [0.05, 0.1) is 23.3 Å². The van der Waals surface area contributed by atoms with Gasteiger partial charge in [-0.2, -0.15) is 5.10 Å². The fourth-order valence-electron chi connectivity index (χ4n) is 3.38. The topological polar surface area (TPSA) is 140 Å². The van der Waals surface area contributed by atoms with Crippen molar-refractivity contribution >= 4 is 57.6 Å². The number of nitro benzene ring substituents is 1. The standard InChI is InChI=1S/C21H21ClN4O6S/c1-3-32-21(29)17-13-6-4-11(2)8-16(13)33-20(17)24-18(27)19(28)25-23-10-12-5-7-14(22)15(9-12)26(30)31/h5,7,9-11H,3-4,6,8H2,1-2H3,(H,24,27)(H,25,28)/b23-10+. The first-order chi connectivity index (χ1) is 15.7. The van der Waals surface area contributed by atoms with E-state index in [1.807, 2.05) is 0 Å². The fourth-order valence-corrected chi connectivity index (χ4v) is 4.96. The van der Waals surface area contributed by atoms with Crippen LogP contribution in [0, 0.1) is 16.0 Å². The molecule has 174 valence electrons. The monoisotopic (exact) mass is 492 g/mol. The minimum Gasteiger partial charge on any atom is -0.462 e. The van der Waals surface area contributed by atoms with Crippen molar-refractivity contribution in [1.82, 2.24) is 5.43 Å². The smallest absolute Gasteiger partial charge is 0.341 e. The van der Waals surface area contributed by atoms with Gasteiger partial charge >= 0.3 is 17.8 Å². The zero-order valence-corrected chi connectivity index (χ0v) is 19.4. The van der Waals surface area contributed by atoms with Gasteiger partial charge in [0.2, 0.25) is 0 Å². The molecule has 0 aliphatic heterocycles. The Morgan fingerprint density at radius 1 is 1.36 bits per heavy atom. The van der Waals surface area contributed by atoms with Gasteiger partial charge in [-0.25, -0.2) is 10.2 Å². The van der Waals surface area contributed by atoms with E-state index < -0.39 is 22.7 Å². The molecule has 3 rings (SSSR count). The van der Waals surface area contributed by atoms with Crippen LogP contribution in [0.1, 0.15) is 46.6 Å². The lowest BCUT2D eigenvalue weighted by atomic mass is 9.88. The van der Waals surface area contributed by atoms with E-state index in [2.05, 4.69) is 22.8 Å². The molecule has 0 saturated carbocycles. The summed E-state index contributed by atoms with van der Waals surface area (Å²) in [6.07, 6.45) is 3.54. The number of esters is 1. The molecular formula is C21H21ClN4O6S. The number of fused-ring (bicyclic) bond motifs is 1. The number of amides is 2. The fraction of sp³-hybridized carbons (Fsp3) is 0.333. The summed E-state index contributed by atoms with van der Waals surface area (Å²) in [5.74, 6) is -2.16. The van der Waals surface area contributed by atoms with Gasteiger partial charge in [-0.15, -0.1) is 11.3 Å². The van der Waals surface area contributed by atoms with E-state index >= 15 is 0 Å². The minimum atomic E-state index is -1.07. The van der Waals surface area contributed by atoms with Gasteiger partial charge in [-0.05, 0) is 43.7 Å². The summed E-state index contributed by atoms with van der Waals surface area (Å²) in [5.41, 5.74) is 3.20. The van der Waals surface area contributed by atoms with Gasteiger partial charge in [0.15, 0.2) is 0 Å². The van der Waals surface area contributed by atoms with Crippen molar-refractivity contribution in [2.45, 2.75) is 33.1 Å². The van der Waals surface area contributed by atoms with Crippen molar-refractivity contribution in [3.8, 4) is 0 Å². The third-order valence-corrected chi connectivity index (χ3v) is 6.46. The van der Waals surface area contributed by atoms with Crippen LogP contribution in [0.4, 0.5) is 10.7 Å². The number of halogens is 1. The summed E-state index contributed by atoms with van der Waals surface area (Å²) in [5, 5.41) is 17.3. The molecule has 0 radical (unpaired) electrons. The normalized spacial score (nSPS) is 15.1. The second-order valence-electron chi connectivity index (χ2n) is 7.40. The van der Waals surface area contributed by atoms with Gasteiger partial charge < -0.3 is 10.1 Å². The molecule has 1 aromatic heterocycles. The Morgan fingerprint density at radius 2 is 2.12 bits per heavy atom. The number of benzene rings is 1. The molecule has 2 N–H and O–H groups in total. The average Bonchev–Trinajstić information content (AvgIpc) is 3.11. The number of anilines is 1. The van der Waals surface area contributed by atoms with Crippen molar-refractivity contribution in [3.05, 3.63) is 54.9 Å². The van der Waals surface area contributed by atoms with Gasteiger partial charge in [-0.1, -0.05) is 24.6 Å². The van der Waals surface area contributed by atoms with Gasteiger partial charge in [0, 0.05) is 16.5 Å². The molecule has 1 unspecified atom stereocenters. The molecule has 0 bridgehead atoms. The molecule has 0 spiro atoms. The summed E-state index contributed by atoms with van der Waals surface area (Å²) in [6.45, 7) is 3.99. The Labute approximate surface area is 198 Å². The van der Waals surface area contributed by atoms with Crippen LogP contribution in [0.3, 0.4) is 0 Å². The van der Waals surface area contributed by atoms with E-state index in [0.717, 1.165) is 29.5 Å². The Balaban J connectivity index is 1.71. The number of rotatable bonds is 6. The van der Waals surface area contributed by atoms with Crippen LogP contribution in [-0.2, 0) is 27.2 Å². The first-order valence-electron chi connectivity index (χ1n) is 10.1. The maximum atomic E-state index is 12.5. The zero-order chi connectivity index (χ0) is 24.1. The number of nitrogens with zero attached hydrogens (tertiary/aromatic N) is 2. The van der Waals surface area contributed by atoms with E-state index in [9.17, 15) is 24.5 Å². The molecule has 0 saturated heterocycles. The average molecular weight is 493 g/mol. The number of hydrogen-bond donors (Lipinski definition) is 2. The Bertz CT molecular complexity index is 1150. The van der Waals surface area contributed by atoms with Crippen LogP contribution < -0.4 is 10.7 Å². The molecule has 1 heterocycles. The van der Waals surface area contributed by atoms with Crippen LogP contribution >= 0.6 is 22.9 Å². The van der Waals surface area contributed by atoms with Crippen LogP contribution in [0.25, 0.3) is 0 Å². The summed E-state index contributed by atoms with van der Waals surface area (Å²) in [7, 11) is 0. The number of hydrazone groups is 1. The molecule has 10 nitrogen and oxygen atoms in total. The largest absolute Gasteiger partial charge is 0.462 e. The predicted octanol–water partition coefficient (Wildman–Crippen LogP) is 3.70. The second kappa shape index (κ2) is 10.5. The number of thiophene rings is 1. The summed E-state index contributed by atoms with van der Waals surface area (Å²) >= 11 is 7.02. The SMILES string of the molecule is CCOC(=O)c1c(NC(=O)C(=O)N/N=C/c2ccc(Cl)c([N+](=O)[O-])c2)sc2c1CCC(C)C2. The molecule has 0 fully saturated rings. The quantitative estimate of drug-likeness (QED) is 0.207. The third-order valence-electron chi connectivity index (χ3n) is 4.97. The molecule has 12 heteroatoms. The maximum absolute atomic E-state index is 12.5. The summed E-state index contributed by atoms with van der Waals surface area (Å²) < 4.78 is 5.15. The van der Waals surface area contributed by atoms with Gasteiger partial charge in [-0.3, -0.25) is 19.7 Å². The number of nitrogens with one attached hydrogen (secondary N) is 2. The number of hydrogen-bond acceptors (Lipinski definition) is 8. The number of carbonyl (C=O) groups excluding carboxylic acids is 3. The highest BCUT2D eigenvalue weighted by Crippen LogP contribution is 2.40. The van der Waals surface area contributed by atoms with E-state index in [-0.39, 0.29) is 22.3 Å². The van der Waals surface area contributed by atoms with E-state index in [4.69, 9.17) is 16.3 Å². The molecule has 1 aromatic carbocycles. The van der Waals surface area contributed by atoms with Crippen molar-refractivity contribution in [2.75, 3.05) is 11.9 Å². The zero-order valence-electron chi connectivity index (χ0n) is 17.8. The summed E-state index contributed by atoms with van der Waals surface area (Å²) in [4.78, 5) is 48.4. The Hall–Kier alpha value is -3.31. The molecule has 2 amide bonds. The Kier molecular flexibility index (Phi) is 7.77. The maximum Gasteiger partial charge on any atom is 0.341 e. The van der Waals surface area contributed by atoms with Crippen LogP contribution in [0.2, 0.25) is 5.02 Å². The minimum absolute atomic E-state index is 0.0361. The molecule has 1 aliphatic rings. The van der Waals surface area contributed by atoms with Crippen molar-refractivity contribution < 1.29 is 24.0 Å². The number of carbonyl (C=O) groups is 3. The number of ether oxygens (including phenoxy) is 1. The van der Waals surface area contributed by atoms with Crippen LogP contribution in [-0.4, -0.2) is 35.5 Å². The molecule has 2 aromatic rings. The molecular weight excluding hydrogens is 472 g/mol. The van der Waals surface area contributed by atoms with Gasteiger partial charge in [0.1, 0.15) is 10.0 Å². The Morgan fingerprint density at radius 3 is 2.82 bits per heavy atom. The highest BCUT2D eigenvalue weighted by Gasteiger charge is 2.30. The van der Waals surface area contributed by atoms with E-state index in [1.165, 1.54) is 29.5 Å². The molecule has 33 heavy (non-hydrogen) atoms. The van der Waals surface area contributed by atoms with Crippen molar-refractivity contribution in [3.63, 3.8) is 0 Å². The second-order valence-corrected chi connectivity index (χ2v) is 8.91. The van der Waals surface area contributed by atoms with Crippen LogP contribution in [0.15, 0.2) is 23.3 Å². The lowest BCUT2D eigenvalue weighted by molar-refractivity contribution is -0.384. The predicted molar refractivity (Wildman–Crippen MR) is 124 cm³/mol. The molecule has 1 aliphatic carbocycles. The highest BCUT2D eigenvalue weighted by atomic mass is 35.5. The van der Waals surface area contributed by atoms with E-state index in [0.29, 0.717) is 23.5 Å². The lowest BCUT2D eigenvalue weighted by Crippen LogP contribution is -2.32. The van der Waals surface area contributed by atoms with Gasteiger partial charge in [0.25, 0.3) is 5.69 Å². The highest BCUT2D eigenvalue weighted by molar-refractivity contribution is 7.17. The number of nitro groups is 1. The first-order valence-corrected chi connectivity index (χ1v) is 11.3. The van der Waals surface area contributed by atoms with Crippen molar-refractivity contribution in [1.29, 1.82) is 0 Å². The van der Waals surface area contributed by atoms with Crippen molar-refractivity contribution in [2.24, 2.45) is 11.0 Å². The summed E-state index contributed by atoms with van der Waals surface area (Å²) in [6, 6.07) is 3.97. The molecule has 1 atom stereocenters. The first kappa shape index (κ1) is 24.3. The third kappa shape index (κ3) is 5.74. The van der Waals surface area contributed by atoms with E-state index in [1.54, 1.807) is 6.92 Å².